The molecule has 1 unspecified atom stereocenters. The summed E-state index contributed by atoms with van der Waals surface area (Å²) >= 11 is 0. The largest absolute Gasteiger partial charge is 0.480 e. The summed E-state index contributed by atoms with van der Waals surface area (Å²) in [6, 6.07) is 9.57. The van der Waals surface area contributed by atoms with Crippen LogP contribution in [0.1, 0.15) is 37.7 Å². The summed E-state index contributed by atoms with van der Waals surface area (Å²) in [5.41, 5.74) is 1.14. The number of rotatable bonds is 5. The minimum absolute atomic E-state index is 0.292. The first kappa shape index (κ1) is 13.1. The monoisotopic (exact) mass is 247 g/mol. The van der Waals surface area contributed by atoms with Crippen molar-refractivity contribution in [2.75, 3.05) is 0 Å². The average Bonchev–Trinajstić information content (AvgIpc) is 2.41. The van der Waals surface area contributed by atoms with Gasteiger partial charge in [-0.3, -0.25) is 4.79 Å². The van der Waals surface area contributed by atoms with Crippen LogP contribution in [0.3, 0.4) is 0 Å². The van der Waals surface area contributed by atoms with Crippen molar-refractivity contribution >= 4 is 5.97 Å². The minimum atomic E-state index is -0.710. The smallest absolute Gasteiger partial charge is 0.320 e. The predicted octanol–water partition coefficient (Wildman–Crippen LogP) is 2.81. The number of hydrogen-bond acceptors (Lipinski definition) is 2. The van der Waals surface area contributed by atoms with Crippen molar-refractivity contribution in [1.82, 2.24) is 5.32 Å². The zero-order valence-corrected chi connectivity index (χ0v) is 10.6. The zero-order valence-electron chi connectivity index (χ0n) is 10.6. The van der Waals surface area contributed by atoms with Crippen molar-refractivity contribution < 1.29 is 9.90 Å². The van der Waals surface area contributed by atoms with E-state index >= 15 is 0 Å². The summed E-state index contributed by atoms with van der Waals surface area (Å²) in [5.74, 6) is -0.419. The number of aliphatic carboxylic acids is 1. The highest BCUT2D eigenvalue weighted by Gasteiger charge is 2.28. The van der Waals surface area contributed by atoms with E-state index in [1.165, 1.54) is 19.3 Å². The number of carboxylic acid groups (broad SMARTS) is 1. The van der Waals surface area contributed by atoms with Crippen LogP contribution >= 0.6 is 0 Å². The molecule has 1 aromatic rings. The third-order valence-corrected chi connectivity index (χ3v) is 3.76. The third kappa shape index (κ3) is 3.57. The van der Waals surface area contributed by atoms with Crippen LogP contribution in [0.2, 0.25) is 0 Å². The Morgan fingerprint density at radius 1 is 1.22 bits per heavy atom. The Labute approximate surface area is 108 Å². The molecule has 18 heavy (non-hydrogen) atoms. The lowest BCUT2D eigenvalue weighted by atomic mass is 9.84. The second kappa shape index (κ2) is 6.55. The number of carboxylic acids is 1. The number of carbonyl (C=O) groups is 1. The van der Waals surface area contributed by atoms with Crippen molar-refractivity contribution in [1.29, 1.82) is 0 Å². The fourth-order valence-corrected chi connectivity index (χ4v) is 2.75. The fraction of sp³-hybridized carbons (Fsp3) is 0.533. The molecule has 0 aliphatic heterocycles. The highest BCUT2D eigenvalue weighted by Crippen LogP contribution is 2.26. The van der Waals surface area contributed by atoms with Gasteiger partial charge < -0.3 is 10.4 Å². The normalized spacial score (nSPS) is 18.4. The van der Waals surface area contributed by atoms with Gasteiger partial charge in [-0.25, -0.2) is 0 Å². The van der Waals surface area contributed by atoms with E-state index in [2.05, 4.69) is 5.32 Å². The van der Waals surface area contributed by atoms with Gasteiger partial charge in [0.05, 0.1) is 0 Å². The van der Waals surface area contributed by atoms with Crippen molar-refractivity contribution in [3.8, 4) is 0 Å². The van der Waals surface area contributed by atoms with Gasteiger partial charge in [0.1, 0.15) is 6.04 Å². The van der Waals surface area contributed by atoms with Crippen molar-refractivity contribution in [3.05, 3.63) is 35.9 Å². The lowest BCUT2D eigenvalue weighted by molar-refractivity contribution is -0.141. The van der Waals surface area contributed by atoms with E-state index < -0.39 is 12.0 Å². The molecular formula is C15H21NO2. The molecular weight excluding hydrogens is 226 g/mol. The Kier molecular flexibility index (Phi) is 4.76. The summed E-state index contributed by atoms with van der Waals surface area (Å²) in [6.45, 7) is 0.633. The summed E-state index contributed by atoms with van der Waals surface area (Å²) in [7, 11) is 0. The van der Waals surface area contributed by atoms with Gasteiger partial charge in [0.2, 0.25) is 0 Å². The maximum Gasteiger partial charge on any atom is 0.320 e. The molecule has 1 aliphatic carbocycles. The summed E-state index contributed by atoms with van der Waals surface area (Å²) in [6.07, 6.45) is 5.67. The van der Waals surface area contributed by atoms with Crippen LogP contribution in [0, 0.1) is 5.92 Å². The Bertz CT molecular complexity index is 371. The van der Waals surface area contributed by atoms with Crippen LogP contribution < -0.4 is 5.32 Å². The molecule has 0 spiro atoms. The molecule has 2 rings (SSSR count). The van der Waals surface area contributed by atoms with Crippen LogP contribution in [0.4, 0.5) is 0 Å². The summed E-state index contributed by atoms with van der Waals surface area (Å²) in [5, 5.41) is 12.5. The molecule has 1 aromatic carbocycles. The van der Waals surface area contributed by atoms with Crippen LogP contribution in [0.15, 0.2) is 30.3 Å². The second-order valence-electron chi connectivity index (χ2n) is 5.08. The first-order chi connectivity index (χ1) is 8.77. The highest BCUT2D eigenvalue weighted by molar-refractivity contribution is 5.73. The van der Waals surface area contributed by atoms with E-state index in [4.69, 9.17) is 0 Å². The highest BCUT2D eigenvalue weighted by atomic mass is 16.4. The van der Waals surface area contributed by atoms with Gasteiger partial charge in [0.15, 0.2) is 0 Å². The SMILES string of the molecule is O=C(O)C(NCc1ccccc1)C1CCCCC1. The number of nitrogens with one attached hydrogen (secondary N) is 1. The number of hydrogen-bond donors (Lipinski definition) is 2. The molecule has 0 bridgehead atoms. The van der Waals surface area contributed by atoms with Crippen molar-refractivity contribution in [3.63, 3.8) is 0 Å². The van der Waals surface area contributed by atoms with Crippen LogP contribution in [0.25, 0.3) is 0 Å². The molecule has 3 nitrogen and oxygen atoms in total. The van der Waals surface area contributed by atoms with Gasteiger partial charge in [-0.1, -0.05) is 49.6 Å². The molecule has 1 atom stereocenters. The molecule has 1 saturated carbocycles. The predicted molar refractivity (Wildman–Crippen MR) is 71.3 cm³/mol. The molecule has 98 valence electrons. The van der Waals surface area contributed by atoms with E-state index in [1.54, 1.807) is 0 Å². The molecule has 0 saturated heterocycles. The van der Waals surface area contributed by atoms with Gasteiger partial charge in [-0.15, -0.1) is 0 Å². The first-order valence-electron chi connectivity index (χ1n) is 6.77. The molecule has 0 aromatic heterocycles. The van der Waals surface area contributed by atoms with E-state index in [-0.39, 0.29) is 0 Å². The van der Waals surface area contributed by atoms with Gasteiger partial charge in [0, 0.05) is 6.54 Å². The molecule has 0 amide bonds. The first-order valence-corrected chi connectivity index (χ1v) is 6.77. The fourth-order valence-electron chi connectivity index (χ4n) is 2.75. The van der Waals surface area contributed by atoms with E-state index in [1.807, 2.05) is 30.3 Å². The Morgan fingerprint density at radius 2 is 1.89 bits per heavy atom. The van der Waals surface area contributed by atoms with Crippen LogP contribution in [-0.4, -0.2) is 17.1 Å². The molecule has 0 heterocycles. The van der Waals surface area contributed by atoms with E-state index in [9.17, 15) is 9.90 Å². The summed E-state index contributed by atoms with van der Waals surface area (Å²) in [4.78, 5) is 11.4. The second-order valence-corrected chi connectivity index (χ2v) is 5.08. The van der Waals surface area contributed by atoms with E-state index in [0.717, 1.165) is 18.4 Å². The maximum atomic E-state index is 11.4. The molecule has 1 fully saturated rings. The topological polar surface area (TPSA) is 49.3 Å². The Morgan fingerprint density at radius 3 is 2.50 bits per heavy atom. The van der Waals surface area contributed by atoms with Gasteiger partial charge in [-0.05, 0) is 24.3 Å². The minimum Gasteiger partial charge on any atom is -0.480 e. The summed E-state index contributed by atoms with van der Waals surface area (Å²) < 4.78 is 0. The average molecular weight is 247 g/mol. The van der Waals surface area contributed by atoms with Crippen molar-refractivity contribution in [2.24, 2.45) is 5.92 Å². The zero-order chi connectivity index (χ0) is 12.8. The van der Waals surface area contributed by atoms with E-state index in [0.29, 0.717) is 12.5 Å². The molecule has 3 heteroatoms. The lowest BCUT2D eigenvalue weighted by Crippen LogP contribution is -2.43. The van der Waals surface area contributed by atoms with Gasteiger partial charge >= 0.3 is 5.97 Å². The quantitative estimate of drug-likeness (QED) is 0.841. The van der Waals surface area contributed by atoms with Crippen LogP contribution in [-0.2, 0) is 11.3 Å². The number of benzene rings is 1. The van der Waals surface area contributed by atoms with Gasteiger partial charge in [-0.2, -0.15) is 0 Å². The maximum absolute atomic E-state index is 11.4. The van der Waals surface area contributed by atoms with Crippen LogP contribution in [0.5, 0.6) is 0 Å². The Hall–Kier alpha value is -1.35. The Balaban J connectivity index is 1.92. The van der Waals surface area contributed by atoms with Gasteiger partial charge in [0.25, 0.3) is 0 Å². The molecule has 1 aliphatic rings. The molecule has 0 radical (unpaired) electrons. The molecule has 2 N–H and O–H groups in total. The van der Waals surface area contributed by atoms with Crippen molar-refractivity contribution in [2.45, 2.75) is 44.7 Å². The lowest BCUT2D eigenvalue weighted by Gasteiger charge is -2.28. The standard InChI is InChI=1S/C15H21NO2/c17-15(18)14(13-9-5-2-6-10-13)16-11-12-7-3-1-4-8-12/h1,3-4,7-8,13-14,16H,2,5-6,9-11H2,(H,17,18). The third-order valence-electron chi connectivity index (χ3n) is 3.76.